The van der Waals surface area contributed by atoms with Crippen molar-refractivity contribution in [3.63, 3.8) is 0 Å². The first-order valence-electron chi connectivity index (χ1n) is 17.9. The van der Waals surface area contributed by atoms with E-state index in [1.54, 1.807) is 0 Å². The van der Waals surface area contributed by atoms with Crippen molar-refractivity contribution in [2.75, 3.05) is 0 Å². The van der Waals surface area contributed by atoms with Gasteiger partial charge in [0.15, 0.2) is 17.5 Å². The zero-order chi connectivity index (χ0) is 34.9. The summed E-state index contributed by atoms with van der Waals surface area (Å²) >= 11 is 0. The van der Waals surface area contributed by atoms with Gasteiger partial charge in [0, 0.05) is 27.5 Å². The number of furan rings is 1. The molecule has 0 spiro atoms. The molecule has 9 aromatic carbocycles. The Morgan fingerprint density at radius 3 is 1.74 bits per heavy atom. The van der Waals surface area contributed by atoms with Crippen LogP contribution < -0.4 is 0 Å². The minimum atomic E-state index is 0.612. The van der Waals surface area contributed by atoms with Gasteiger partial charge in [-0.15, -0.1) is 0 Å². The molecule has 0 saturated heterocycles. The molecular weight excluding hydrogens is 647 g/mol. The van der Waals surface area contributed by atoms with Crippen molar-refractivity contribution in [1.29, 1.82) is 0 Å². The zero-order valence-corrected chi connectivity index (χ0v) is 28.5. The Bertz CT molecular complexity index is 3230. The van der Waals surface area contributed by atoms with Gasteiger partial charge in [0.1, 0.15) is 11.2 Å². The molecule has 0 aliphatic carbocycles. The predicted molar refractivity (Wildman–Crippen MR) is 219 cm³/mol. The largest absolute Gasteiger partial charge is 0.456 e. The van der Waals surface area contributed by atoms with Gasteiger partial charge in [0.2, 0.25) is 0 Å². The highest BCUT2D eigenvalue weighted by molar-refractivity contribution is 6.23. The lowest BCUT2D eigenvalue weighted by Crippen LogP contribution is -2.02. The quantitative estimate of drug-likeness (QED) is 0.174. The Balaban J connectivity index is 1.22. The summed E-state index contributed by atoms with van der Waals surface area (Å²) < 4.78 is 6.31. The highest BCUT2D eigenvalue weighted by Gasteiger charge is 2.21. The average molecular weight is 676 g/mol. The van der Waals surface area contributed by atoms with E-state index in [4.69, 9.17) is 19.4 Å². The van der Waals surface area contributed by atoms with E-state index in [0.717, 1.165) is 65.9 Å². The van der Waals surface area contributed by atoms with Gasteiger partial charge < -0.3 is 4.42 Å². The zero-order valence-electron chi connectivity index (χ0n) is 28.5. The molecule has 0 aliphatic rings. The number of nitrogens with zero attached hydrogens (tertiary/aromatic N) is 3. The molecule has 4 nitrogen and oxygen atoms in total. The van der Waals surface area contributed by atoms with E-state index in [1.807, 2.05) is 18.2 Å². The van der Waals surface area contributed by atoms with Gasteiger partial charge >= 0.3 is 0 Å². The summed E-state index contributed by atoms with van der Waals surface area (Å²) in [6.07, 6.45) is 0. The predicted octanol–water partition coefficient (Wildman–Crippen LogP) is 13.1. The topological polar surface area (TPSA) is 51.8 Å². The number of rotatable bonds is 4. The van der Waals surface area contributed by atoms with E-state index in [0.29, 0.717) is 17.5 Å². The third-order valence-corrected chi connectivity index (χ3v) is 10.5. The van der Waals surface area contributed by atoms with E-state index >= 15 is 0 Å². The Morgan fingerprint density at radius 2 is 0.887 bits per heavy atom. The molecule has 0 radical (unpaired) electrons. The number of benzene rings is 9. The molecule has 4 heteroatoms. The van der Waals surface area contributed by atoms with Crippen molar-refractivity contribution in [2.45, 2.75) is 0 Å². The van der Waals surface area contributed by atoms with Crippen molar-refractivity contribution >= 4 is 65.0 Å². The second-order valence-corrected chi connectivity index (χ2v) is 13.5. The van der Waals surface area contributed by atoms with Crippen LogP contribution in [-0.2, 0) is 0 Å². The van der Waals surface area contributed by atoms with Crippen molar-refractivity contribution in [1.82, 2.24) is 15.0 Å². The van der Waals surface area contributed by atoms with E-state index in [2.05, 4.69) is 158 Å². The van der Waals surface area contributed by atoms with Crippen LogP contribution in [0.3, 0.4) is 0 Å². The molecule has 2 heterocycles. The van der Waals surface area contributed by atoms with Crippen LogP contribution >= 0.6 is 0 Å². The summed E-state index contributed by atoms with van der Waals surface area (Å²) in [5.74, 6) is 1.87. The molecule has 0 atom stereocenters. The Kier molecular flexibility index (Phi) is 6.52. The number of aromatic nitrogens is 3. The molecule has 11 aromatic rings. The molecule has 246 valence electrons. The lowest BCUT2D eigenvalue weighted by atomic mass is 9.92. The summed E-state index contributed by atoms with van der Waals surface area (Å²) in [6, 6.07) is 61.6. The second-order valence-electron chi connectivity index (χ2n) is 13.5. The molecule has 0 aliphatic heterocycles. The third kappa shape index (κ3) is 4.73. The number of fused-ring (bicyclic) bond motifs is 9. The highest BCUT2D eigenvalue weighted by atomic mass is 16.3. The number of para-hydroxylation sites is 1. The van der Waals surface area contributed by atoms with Gasteiger partial charge in [-0.25, -0.2) is 15.0 Å². The first kappa shape index (κ1) is 29.5. The fraction of sp³-hybridized carbons (Fsp3) is 0. The fourth-order valence-electron chi connectivity index (χ4n) is 8.04. The second kappa shape index (κ2) is 11.7. The highest BCUT2D eigenvalue weighted by Crippen LogP contribution is 2.42. The van der Waals surface area contributed by atoms with Crippen LogP contribution in [0.1, 0.15) is 0 Å². The lowest BCUT2D eigenvalue weighted by molar-refractivity contribution is 0.669. The monoisotopic (exact) mass is 675 g/mol. The standard InChI is InChI=1S/C49H29N3O/c1-2-14-32-28-34(25-24-30(32)12-1)47-50-48(40-19-8-7-18-37(40)38-21-11-23-44-46(38)41-20-9-10-22-43(41)53-44)52-49(51-47)42-29-33-15-4-6-17-36(33)45-35-16-5-3-13-31(35)26-27-39(42)45/h1-29H. The average Bonchev–Trinajstić information content (AvgIpc) is 3.62. The third-order valence-electron chi connectivity index (χ3n) is 10.5. The van der Waals surface area contributed by atoms with Gasteiger partial charge in [-0.05, 0) is 78.5 Å². The molecule has 0 N–H and O–H groups in total. The van der Waals surface area contributed by atoms with Crippen LogP contribution in [-0.4, -0.2) is 15.0 Å². The molecule has 0 bridgehead atoms. The van der Waals surface area contributed by atoms with Crippen LogP contribution in [0.2, 0.25) is 0 Å². The Hall–Kier alpha value is -7.17. The summed E-state index contributed by atoms with van der Waals surface area (Å²) in [5.41, 5.74) is 6.64. The van der Waals surface area contributed by atoms with Crippen molar-refractivity contribution in [3.05, 3.63) is 176 Å². The summed E-state index contributed by atoms with van der Waals surface area (Å²) in [4.78, 5) is 15.9. The van der Waals surface area contributed by atoms with Crippen LogP contribution in [0, 0.1) is 0 Å². The van der Waals surface area contributed by atoms with Crippen molar-refractivity contribution in [2.24, 2.45) is 0 Å². The van der Waals surface area contributed by atoms with E-state index < -0.39 is 0 Å². The maximum atomic E-state index is 6.31. The number of hydrogen-bond acceptors (Lipinski definition) is 4. The Morgan fingerprint density at radius 1 is 0.302 bits per heavy atom. The molecule has 0 unspecified atom stereocenters. The molecule has 2 aromatic heterocycles. The summed E-state index contributed by atoms with van der Waals surface area (Å²) in [5, 5.41) is 11.5. The SMILES string of the molecule is c1ccc(-c2cccc3oc4ccccc4c23)c(-c2nc(-c3ccc4ccccc4c3)nc(-c3cc4ccccc4c4c3ccc3ccccc34)n2)c1. The minimum absolute atomic E-state index is 0.612. The van der Waals surface area contributed by atoms with Crippen LogP contribution in [0.25, 0.3) is 110 Å². The fourth-order valence-corrected chi connectivity index (χ4v) is 8.04. The van der Waals surface area contributed by atoms with Crippen LogP contribution in [0.4, 0.5) is 0 Å². The van der Waals surface area contributed by atoms with E-state index in [-0.39, 0.29) is 0 Å². The van der Waals surface area contributed by atoms with Crippen molar-refractivity contribution < 1.29 is 4.42 Å². The Labute approximate surface area is 304 Å². The first-order chi connectivity index (χ1) is 26.3. The summed E-state index contributed by atoms with van der Waals surface area (Å²) in [6.45, 7) is 0. The van der Waals surface area contributed by atoms with Crippen molar-refractivity contribution in [3.8, 4) is 45.3 Å². The summed E-state index contributed by atoms with van der Waals surface area (Å²) in [7, 11) is 0. The van der Waals surface area contributed by atoms with E-state index in [9.17, 15) is 0 Å². The van der Waals surface area contributed by atoms with Gasteiger partial charge in [-0.2, -0.15) is 0 Å². The van der Waals surface area contributed by atoms with Crippen LogP contribution in [0.15, 0.2) is 180 Å². The lowest BCUT2D eigenvalue weighted by Gasteiger charge is -2.15. The molecule has 0 saturated carbocycles. The normalized spacial score (nSPS) is 11.8. The number of hydrogen-bond donors (Lipinski definition) is 0. The maximum absolute atomic E-state index is 6.31. The van der Waals surface area contributed by atoms with Gasteiger partial charge in [0.25, 0.3) is 0 Å². The maximum Gasteiger partial charge on any atom is 0.164 e. The van der Waals surface area contributed by atoms with E-state index in [1.165, 1.54) is 26.9 Å². The molecule has 0 fully saturated rings. The van der Waals surface area contributed by atoms with Gasteiger partial charge in [-0.3, -0.25) is 0 Å². The smallest absolute Gasteiger partial charge is 0.164 e. The van der Waals surface area contributed by atoms with Crippen LogP contribution in [0.5, 0.6) is 0 Å². The molecule has 11 rings (SSSR count). The molecule has 53 heavy (non-hydrogen) atoms. The molecular formula is C49H29N3O. The first-order valence-corrected chi connectivity index (χ1v) is 17.9. The molecule has 0 amide bonds. The van der Waals surface area contributed by atoms with Gasteiger partial charge in [0.05, 0.1) is 0 Å². The van der Waals surface area contributed by atoms with Gasteiger partial charge in [-0.1, -0.05) is 152 Å². The minimum Gasteiger partial charge on any atom is -0.456 e.